The number of nitrogens with one attached hydrogen (secondary N) is 1. The van der Waals surface area contributed by atoms with E-state index in [1.807, 2.05) is 49.4 Å². The third-order valence-electron chi connectivity index (χ3n) is 6.55. The first kappa shape index (κ1) is 25.3. The fourth-order valence-corrected chi connectivity index (χ4v) is 4.98. The largest absolute Gasteiger partial charge is 0.468 e. The van der Waals surface area contributed by atoms with Crippen LogP contribution in [0.3, 0.4) is 0 Å². The first-order valence-electron chi connectivity index (χ1n) is 12.4. The summed E-state index contributed by atoms with van der Waals surface area (Å²) in [5, 5.41) is 3.50. The summed E-state index contributed by atoms with van der Waals surface area (Å²) in [4.78, 5) is 15.8. The highest BCUT2D eigenvalue weighted by molar-refractivity contribution is 5.76. The number of ether oxygens (including phenoxy) is 5. The van der Waals surface area contributed by atoms with Gasteiger partial charge in [-0.3, -0.25) is 9.69 Å². The number of rotatable bonds is 12. The van der Waals surface area contributed by atoms with Crippen LogP contribution in [0.15, 0.2) is 42.5 Å². The maximum atomic E-state index is 13.4. The van der Waals surface area contributed by atoms with E-state index in [2.05, 4.69) is 17.1 Å². The monoisotopic (exact) mass is 484 g/mol. The lowest BCUT2D eigenvalue weighted by Crippen LogP contribution is -2.34. The van der Waals surface area contributed by atoms with Crippen molar-refractivity contribution in [1.29, 1.82) is 0 Å². The lowest BCUT2D eigenvalue weighted by atomic mass is 9.82. The number of hydrogen-bond acceptors (Lipinski definition) is 8. The number of carbonyl (C=O) groups is 1. The smallest absolute Gasteiger partial charge is 0.311 e. The van der Waals surface area contributed by atoms with E-state index in [0.717, 1.165) is 61.0 Å². The third kappa shape index (κ3) is 5.89. The van der Waals surface area contributed by atoms with Crippen LogP contribution < -0.4 is 19.5 Å². The van der Waals surface area contributed by atoms with Crippen molar-refractivity contribution in [2.24, 2.45) is 5.92 Å². The van der Waals surface area contributed by atoms with Crippen LogP contribution in [-0.2, 0) is 14.3 Å². The fourth-order valence-electron chi connectivity index (χ4n) is 4.98. The van der Waals surface area contributed by atoms with Crippen LogP contribution in [0, 0.1) is 5.92 Å². The minimum absolute atomic E-state index is 0.0378. The second-order valence-corrected chi connectivity index (χ2v) is 8.81. The van der Waals surface area contributed by atoms with Crippen LogP contribution in [0.1, 0.15) is 43.4 Å². The number of carbonyl (C=O) groups excluding carboxylic acids is 1. The standard InChI is InChI=1S/C27H36N2O6/c1-4-12-28-13-14-29-16-22(20-8-11-23-24(15-20)35-18-34-23)25(27(30)32-5-2)26(29)19-6-9-21(10-7-19)33-17-31-3/h6-11,15,22,25-26,28H,4-5,12-14,16-18H2,1-3H3. The lowest BCUT2D eigenvalue weighted by molar-refractivity contribution is -0.149. The molecule has 1 fully saturated rings. The highest BCUT2D eigenvalue weighted by Crippen LogP contribution is 2.48. The summed E-state index contributed by atoms with van der Waals surface area (Å²) in [5.41, 5.74) is 2.12. The molecule has 2 aliphatic heterocycles. The van der Waals surface area contributed by atoms with Gasteiger partial charge in [0.1, 0.15) is 5.75 Å². The van der Waals surface area contributed by atoms with Crippen molar-refractivity contribution >= 4 is 5.97 Å². The fraction of sp³-hybridized carbons (Fsp3) is 0.519. The van der Waals surface area contributed by atoms with Crippen LogP contribution in [-0.4, -0.2) is 64.4 Å². The van der Waals surface area contributed by atoms with Gasteiger partial charge in [-0.1, -0.05) is 25.1 Å². The molecule has 8 nitrogen and oxygen atoms in total. The van der Waals surface area contributed by atoms with Gasteiger partial charge in [0.2, 0.25) is 6.79 Å². The second kappa shape index (κ2) is 12.2. The minimum Gasteiger partial charge on any atom is -0.468 e. The Balaban J connectivity index is 1.66. The molecule has 190 valence electrons. The van der Waals surface area contributed by atoms with E-state index < -0.39 is 0 Å². The third-order valence-corrected chi connectivity index (χ3v) is 6.55. The van der Waals surface area contributed by atoms with Crippen molar-refractivity contribution < 1.29 is 28.5 Å². The molecule has 2 aliphatic rings. The van der Waals surface area contributed by atoms with Gasteiger partial charge in [-0.25, -0.2) is 0 Å². The van der Waals surface area contributed by atoms with E-state index in [9.17, 15) is 4.79 Å². The van der Waals surface area contributed by atoms with E-state index in [1.54, 1.807) is 7.11 Å². The van der Waals surface area contributed by atoms with E-state index in [-0.39, 0.29) is 37.4 Å². The van der Waals surface area contributed by atoms with Crippen molar-refractivity contribution in [2.75, 3.05) is 53.5 Å². The van der Waals surface area contributed by atoms with Gasteiger partial charge in [0.15, 0.2) is 18.3 Å². The molecule has 1 N–H and O–H groups in total. The van der Waals surface area contributed by atoms with Crippen LogP contribution >= 0.6 is 0 Å². The average Bonchev–Trinajstić information content (AvgIpc) is 3.50. The Kier molecular flexibility index (Phi) is 8.84. The zero-order valence-corrected chi connectivity index (χ0v) is 20.8. The molecule has 0 amide bonds. The van der Waals surface area contributed by atoms with Crippen molar-refractivity contribution in [3.8, 4) is 17.2 Å². The normalized spacial score (nSPS) is 21.3. The molecule has 4 rings (SSSR count). The molecule has 8 heteroatoms. The Labute approximate surface area is 207 Å². The van der Waals surface area contributed by atoms with Crippen molar-refractivity contribution in [1.82, 2.24) is 10.2 Å². The van der Waals surface area contributed by atoms with E-state index in [0.29, 0.717) is 6.61 Å². The van der Waals surface area contributed by atoms with Crippen molar-refractivity contribution in [3.05, 3.63) is 53.6 Å². The van der Waals surface area contributed by atoms with Gasteiger partial charge in [-0.15, -0.1) is 0 Å². The highest BCUT2D eigenvalue weighted by atomic mass is 16.7. The number of esters is 1. The van der Waals surface area contributed by atoms with E-state index in [1.165, 1.54) is 0 Å². The van der Waals surface area contributed by atoms with Gasteiger partial charge >= 0.3 is 5.97 Å². The Hall–Kier alpha value is -2.81. The number of fused-ring (bicyclic) bond motifs is 1. The summed E-state index contributed by atoms with van der Waals surface area (Å²) < 4.78 is 27.3. The Bertz CT molecular complexity index is 967. The van der Waals surface area contributed by atoms with Gasteiger partial charge in [-0.05, 0) is 55.3 Å². The maximum Gasteiger partial charge on any atom is 0.311 e. The quantitative estimate of drug-likeness (QED) is 0.278. The van der Waals surface area contributed by atoms with Crippen molar-refractivity contribution in [2.45, 2.75) is 32.2 Å². The molecule has 3 atom stereocenters. The van der Waals surface area contributed by atoms with Gasteiger partial charge in [0, 0.05) is 38.7 Å². The Morgan fingerprint density at radius 3 is 2.57 bits per heavy atom. The molecule has 0 saturated carbocycles. The second-order valence-electron chi connectivity index (χ2n) is 8.81. The molecule has 2 heterocycles. The Morgan fingerprint density at radius 2 is 1.83 bits per heavy atom. The molecule has 3 unspecified atom stereocenters. The first-order chi connectivity index (χ1) is 17.2. The summed E-state index contributed by atoms with van der Waals surface area (Å²) in [6.45, 7) is 8.15. The SMILES string of the molecule is CCCNCCN1CC(c2ccc3c(c2)OCO3)C(C(=O)OCC)C1c1ccc(OCOC)cc1. The summed E-state index contributed by atoms with van der Waals surface area (Å²) >= 11 is 0. The lowest BCUT2D eigenvalue weighted by Gasteiger charge is -2.28. The van der Waals surface area contributed by atoms with Crippen LogP contribution in [0.4, 0.5) is 0 Å². The summed E-state index contributed by atoms with van der Waals surface area (Å²) in [7, 11) is 1.59. The first-order valence-corrected chi connectivity index (χ1v) is 12.4. The van der Waals surface area contributed by atoms with Crippen LogP contribution in [0.25, 0.3) is 0 Å². The topological polar surface area (TPSA) is 78.5 Å². The maximum absolute atomic E-state index is 13.4. The molecular formula is C27H36N2O6. The molecule has 0 radical (unpaired) electrons. The van der Waals surface area contributed by atoms with Gasteiger partial charge in [0.05, 0.1) is 12.5 Å². The molecule has 35 heavy (non-hydrogen) atoms. The average molecular weight is 485 g/mol. The van der Waals surface area contributed by atoms with Gasteiger partial charge < -0.3 is 29.0 Å². The van der Waals surface area contributed by atoms with E-state index in [4.69, 9.17) is 23.7 Å². The number of nitrogens with zero attached hydrogens (tertiary/aromatic N) is 1. The molecule has 0 aromatic heterocycles. The number of hydrogen-bond donors (Lipinski definition) is 1. The van der Waals surface area contributed by atoms with Crippen molar-refractivity contribution in [3.63, 3.8) is 0 Å². The van der Waals surface area contributed by atoms with Crippen LogP contribution in [0.2, 0.25) is 0 Å². The minimum atomic E-state index is -0.354. The number of methoxy groups -OCH3 is 1. The summed E-state index contributed by atoms with van der Waals surface area (Å²) in [6.07, 6.45) is 1.08. The number of likely N-dealkylation sites (tertiary alicyclic amines) is 1. The molecule has 1 saturated heterocycles. The Morgan fingerprint density at radius 1 is 1.06 bits per heavy atom. The molecule has 0 aliphatic carbocycles. The summed E-state index contributed by atoms with van der Waals surface area (Å²) in [6, 6.07) is 13.8. The highest BCUT2D eigenvalue weighted by Gasteiger charge is 2.48. The van der Waals surface area contributed by atoms with Gasteiger partial charge in [-0.2, -0.15) is 0 Å². The molecule has 2 aromatic carbocycles. The summed E-state index contributed by atoms with van der Waals surface area (Å²) in [5.74, 6) is 1.62. The molecule has 0 bridgehead atoms. The molecular weight excluding hydrogens is 448 g/mol. The van der Waals surface area contributed by atoms with Gasteiger partial charge in [0.25, 0.3) is 0 Å². The van der Waals surface area contributed by atoms with E-state index >= 15 is 0 Å². The molecule has 0 spiro atoms. The van der Waals surface area contributed by atoms with Crippen LogP contribution in [0.5, 0.6) is 17.2 Å². The number of benzene rings is 2. The zero-order valence-electron chi connectivity index (χ0n) is 20.8. The predicted octanol–water partition coefficient (Wildman–Crippen LogP) is 3.72. The molecule has 2 aromatic rings. The zero-order chi connectivity index (χ0) is 24.6. The predicted molar refractivity (Wildman–Crippen MR) is 132 cm³/mol.